The molecule has 0 saturated heterocycles. The highest BCUT2D eigenvalue weighted by molar-refractivity contribution is 5.90. The Morgan fingerprint density at radius 2 is 1.72 bits per heavy atom. The largest absolute Gasteiger partial charge is 0.493 e. The van der Waals surface area contributed by atoms with Crippen molar-refractivity contribution in [3.63, 3.8) is 0 Å². The van der Waals surface area contributed by atoms with E-state index in [9.17, 15) is 4.79 Å². The Kier molecular flexibility index (Phi) is 8.82. The molecule has 0 spiro atoms. The number of rotatable bonds is 10. The summed E-state index contributed by atoms with van der Waals surface area (Å²) in [5, 5.41) is 5.98. The van der Waals surface area contributed by atoms with E-state index < -0.39 is 0 Å². The lowest BCUT2D eigenvalue weighted by atomic mass is 10.1. The summed E-state index contributed by atoms with van der Waals surface area (Å²) in [4.78, 5) is 16.0. The van der Waals surface area contributed by atoms with E-state index in [1.165, 1.54) is 0 Å². The molecule has 2 aromatic rings. The second kappa shape index (κ2) is 11.6. The average molecular weight is 399 g/mol. The van der Waals surface area contributed by atoms with Crippen LogP contribution in [0.4, 0.5) is 5.69 Å². The minimum absolute atomic E-state index is 0.0289. The summed E-state index contributed by atoms with van der Waals surface area (Å²) in [6, 6.07) is 13.5. The van der Waals surface area contributed by atoms with Crippen LogP contribution in [0.5, 0.6) is 11.5 Å². The van der Waals surface area contributed by atoms with Gasteiger partial charge in [-0.15, -0.1) is 0 Å². The fraction of sp³-hybridized carbons (Fsp3) is 0.364. The van der Waals surface area contributed by atoms with Crippen LogP contribution in [-0.2, 0) is 17.8 Å². The Labute approximate surface area is 172 Å². The fourth-order valence-corrected chi connectivity index (χ4v) is 2.75. The smallest absolute Gasteiger partial charge is 0.224 e. The number of anilines is 1. The standard InChI is InChI=1S/C22H30N4O3/c1-4-5-21(27)26-18-9-6-17(7-10-18)15-25-22(23)24-13-12-16-8-11-19(28-2)20(14-16)29-3/h6-11,14H,4-5,12-13,15H2,1-3H3,(H,26,27)(H3,23,24,25). The maximum Gasteiger partial charge on any atom is 0.224 e. The van der Waals surface area contributed by atoms with Gasteiger partial charge in [0.15, 0.2) is 17.5 Å². The second-order valence-electron chi connectivity index (χ2n) is 6.56. The maximum atomic E-state index is 11.6. The summed E-state index contributed by atoms with van der Waals surface area (Å²) in [6.07, 6.45) is 2.14. The second-order valence-corrected chi connectivity index (χ2v) is 6.56. The molecule has 0 aliphatic rings. The SMILES string of the molecule is CCCC(=O)Nc1ccc(CN=C(N)NCCc2ccc(OC)c(OC)c2)cc1. The lowest BCUT2D eigenvalue weighted by molar-refractivity contribution is -0.116. The number of amides is 1. The third-order valence-corrected chi connectivity index (χ3v) is 4.31. The molecule has 2 aromatic carbocycles. The van der Waals surface area contributed by atoms with Crippen molar-refractivity contribution in [3.8, 4) is 11.5 Å². The summed E-state index contributed by atoms with van der Waals surface area (Å²) in [7, 11) is 3.24. The Hall–Kier alpha value is -3.22. The maximum absolute atomic E-state index is 11.6. The fourth-order valence-electron chi connectivity index (χ4n) is 2.75. The number of carbonyl (C=O) groups excluding carboxylic acids is 1. The van der Waals surface area contributed by atoms with E-state index in [0.717, 1.165) is 29.7 Å². The highest BCUT2D eigenvalue weighted by Gasteiger charge is 2.05. The number of hydrogen-bond acceptors (Lipinski definition) is 4. The van der Waals surface area contributed by atoms with Crippen molar-refractivity contribution < 1.29 is 14.3 Å². The van der Waals surface area contributed by atoms with Crippen LogP contribution in [0, 0.1) is 0 Å². The number of nitrogens with two attached hydrogens (primary N) is 1. The number of nitrogens with zero attached hydrogens (tertiary/aromatic N) is 1. The Morgan fingerprint density at radius 3 is 2.38 bits per heavy atom. The van der Waals surface area contributed by atoms with Crippen LogP contribution in [0.15, 0.2) is 47.5 Å². The van der Waals surface area contributed by atoms with Gasteiger partial charge in [0.05, 0.1) is 20.8 Å². The van der Waals surface area contributed by atoms with Gasteiger partial charge in [0.25, 0.3) is 0 Å². The Bertz CT molecular complexity index is 819. The van der Waals surface area contributed by atoms with E-state index in [0.29, 0.717) is 37.0 Å². The van der Waals surface area contributed by atoms with Crippen LogP contribution >= 0.6 is 0 Å². The monoisotopic (exact) mass is 398 g/mol. The molecule has 0 unspecified atom stereocenters. The molecule has 2 rings (SSSR count). The normalized spacial score (nSPS) is 11.1. The Morgan fingerprint density at radius 1 is 1.03 bits per heavy atom. The Balaban J connectivity index is 1.79. The average Bonchev–Trinajstić information content (AvgIpc) is 2.73. The minimum atomic E-state index is 0.0289. The number of aliphatic imine (C=N–C) groups is 1. The van der Waals surface area contributed by atoms with E-state index >= 15 is 0 Å². The number of carbonyl (C=O) groups is 1. The van der Waals surface area contributed by atoms with Crippen molar-refractivity contribution in [1.82, 2.24) is 5.32 Å². The van der Waals surface area contributed by atoms with Gasteiger partial charge in [0.2, 0.25) is 5.91 Å². The molecule has 7 nitrogen and oxygen atoms in total. The predicted molar refractivity (Wildman–Crippen MR) is 117 cm³/mol. The first kappa shape index (κ1) is 22.1. The molecule has 0 heterocycles. The molecule has 0 aliphatic heterocycles. The van der Waals surface area contributed by atoms with Crippen molar-refractivity contribution in [3.05, 3.63) is 53.6 Å². The predicted octanol–water partition coefficient (Wildman–Crippen LogP) is 3.09. The molecular weight excluding hydrogens is 368 g/mol. The zero-order valence-electron chi connectivity index (χ0n) is 17.3. The van der Waals surface area contributed by atoms with E-state index in [1.54, 1.807) is 14.2 Å². The van der Waals surface area contributed by atoms with E-state index in [-0.39, 0.29) is 5.91 Å². The lowest BCUT2D eigenvalue weighted by Gasteiger charge is -2.10. The topological polar surface area (TPSA) is 98.0 Å². The molecule has 0 atom stereocenters. The summed E-state index contributed by atoms with van der Waals surface area (Å²) >= 11 is 0. The molecule has 0 bridgehead atoms. The van der Waals surface area contributed by atoms with E-state index in [1.807, 2.05) is 49.4 Å². The lowest BCUT2D eigenvalue weighted by Crippen LogP contribution is -2.33. The van der Waals surface area contributed by atoms with Crippen molar-refractivity contribution in [2.45, 2.75) is 32.7 Å². The third kappa shape index (κ3) is 7.37. The van der Waals surface area contributed by atoms with E-state index in [2.05, 4.69) is 15.6 Å². The summed E-state index contributed by atoms with van der Waals surface area (Å²) in [6.45, 7) is 3.11. The van der Waals surface area contributed by atoms with Gasteiger partial charge in [0.1, 0.15) is 0 Å². The molecule has 0 radical (unpaired) electrons. The highest BCUT2D eigenvalue weighted by Crippen LogP contribution is 2.27. The summed E-state index contributed by atoms with van der Waals surface area (Å²) in [5.74, 6) is 1.84. The zero-order valence-corrected chi connectivity index (χ0v) is 17.3. The molecule has 1 amide bonds. The number of ether oxygens (including phenoxy) is 2. The van der Waals surface area contributed by atoms with Crippen molar-refractivity contribution in [2.24, 2.45) is 10.7 Å². The van der Waals surface area contributed by atoms with Crippen LogP contribution in [0.25, 0.3) is 0 Å². The van der Waals surface area contributed by atoms with Gasteiger partial charge in [-0.3, -0.25) is 4.79 Å². The molecule has 0 saturated carbocycles. The zero-order chi connectivity index (χ0) is 21.1. The third-order valence-electron chi connectivity index (χ3n) is 4.31. The van der Waals surface area contributed by atoms with Gasteiger partial charge in [-0.2, -0.15) is 0 Å². The number of hydrogen-bond donors (Lipinski definition) is 3. The van der Waals surface area contributed by atoms with E-state index in [4.69, 9.17) is 15.2 Å². The van der Waals surface area contributed by atoms with Crippen molar-refractivity contribution in [1.29, 1.82) is 0 Å². The number of guanidine groups is 1. The van der Waals surface area contributed by atoms with Crippen LogP contribution in [0.3, 0.4) is 0 Å². The minimum Gasteiger partial charge on any atom is -0.493 e. The van der Waals surface area contributed by atoms with Crippen LogP contribution in [0.2, 0.25) is 0 Å². The first-order chi connectivity index (χ1) is 14.0. The summed E-state index contributed by atoms with van der Waals surface area (Å²) in [5.41, 5.74) is 8.87. The van der Waals surface area contributed by atoms with Crippen molar-refractivity contribution >= 4 is 17.6 Å². The molecule has 29 heavy (non-hydrogen) atoms. The van der Waals surface area contributed by atoms with Gasteiger partial charge in [-0.1, -0.05) is 25.1 Å². The van der Waals surface area contributed by atoms with Crippen molar-refractivity contribution in [2.75, 3.05) is 26.1 Å². The first-order valence-electron chi connectivity index (χ1n) is 9.69. The number of benzene rings is 2. The molecule has 0 aromatic heterocycles. The molecule has 4 N–H and O–H groups in total. The molecule has 0 aliphatic carbocycles. The van der Waals surface area contributed by atoms with Gasteiger partial charge < -0.3 is 25.8 Å². The van der Waals surface area contributed by atoms with Gasteiger partial charge in [0, 0.05) is 18.7 Å². The van der Waals surface area contributed by atoms with Crippen LogP contribution < -0.4 is 25.8 Å². The molecular formula is C22H30N4O3. The van der Waals surface area contributed by atoms with Gasteiger partial charge >= 0.3 is 0 Å². The number of methoxy groups -OCH3 is 2. The molecule has 7 heteroatoms. The first-order valence-corrected chi connectivity index (χ1v) is 9.69. The quantitative estimate of drug-likeness (QED) is 0.422. The number of nitrogens with one attached hydrogen (secondary N) is 2. The molecule has 0 fully saturated rings. The van der Waals surface area contributed by atoms with Crippen LogP contribution in [-0.4, -0.2) is 32.6 Å². The summed E-state index contributed by atoms with van der Waals surface area (Å²) < 4.78 is 10.6. The highest BCUT2D eigenvalue weighted by atomic mass is 16.5. The van der Waals surface area contributed by atoms with Crippen LogP contribution in [0.1, 0.15) is 30.9 Å². The van der Waals surface area contributed by atoms with Gasteiger partial charge in [-0.05, 0) is 48.2 Å². The van der Waals surface area contributed by atoms with Gasteiger partial charge in [-0.25, -0.2) is 4.99 Å². The molecule has 156 valence electrons.